The number of alkyl halides is 3. The Kier molecular flexibility index (Phi) is 8.06. The Morgan fingerprint density at radius 1 is 0.947 bits per heavy atom. The van der Waals surface area contributed by atoms with Gasteiger partial charge < -0.3 is 4.90 Å². The molecular formula is C29H25F3N4O2. The Morgan fingerprint density at radius 3 is 2.18 bits per heavy atom. The van der Waals surface area contributed by atoms with E-state index in [9.17, 15) is 22.8 Å². The molecule has 0 saturated heterocycles. The molecule has 0 atom stereocenters. The highest BCUT2D eigenvalue weighted by atomic mass is 19.4. The van der Waals surface area contributed by atoms with Crippen molar-refractivity contribution in [1.29, 1.82) is 0 Å². The van der Waals surface area contributed by atoms with Gasteiger partial charge >= 0.3 is 6.18 Å². The van der Waals surface area contributed by atoms with Crippen molar-refractivity contribution in [3.05, 3.63) is 115 Å². The Morgan fingerprint density at radius 2 is 1.58 bits per heavy atom. The van der Waals surface area contributed by atoms with E-state index in [1.165, 1.54) is 27.7 Å². The molecular weight excluding hydrogens is 493 g/mol. The molecule has 0 spiro atoms. The van der Waals surface area contributed by atoms with Crippen LogP contribution in [0.1, 0.15) is 11.1 Å². The van der Waals surface area contributed by atoms with Gasteiger partial charge in [0.05, 0.1) is 17.7 Å². The molecule has 38 heavy (non-hydrogen) atoms. The number of imidazole rings is 1. The van der Waals surface area contributed by atoms with Crippen LogP contribution in [0.2, 0.25) is 0 Å². The Bertz CT molecular complexity index is 1400. The second-order valence-corrected chi connectivity index (χ2v) is 8.50. The van der Waals surface area contributed by atoms with E-state index in [1.807, 2.05) is 60.7 Å². The largest absolute Gasteiger partial charge is 0.416 e. The summed E-state index contributed by atoms with van der Waals surface area (Å²) in [5, 5.41) is 2.71. The lowest BCUT2D eigenvalue weighted by atomic mass is 10.1. The highest BCUT2D eigenvalue weighted by Crippen LogP contribution is 2.31. The van der Waals surface area contributed by atoms with Crippen LogP contribution in [0.15, 0.2) is 104 Å². The number of nitrogens with zero attached hydrogens (tertiary/aromatic N) is 3. The van der Waals surface area contributed by atoms with Gasteiger partial charge in [-0.15, -0.1) is 6.58 Å². The number of hydrogen-bond donors (Lipinski definition) is 1. The average Bonchev–Trinajstić information content (AvgIpc) is 3.32. The molecule has 0 radical (unpaired) electrons. The molecule has 0 bridgehead atoms. The van der Waals surface area contributed by atoms with E-state index >= 15 is 0 Å². The minimum atomic E-state index is -4.47. The predicted molar refractivity (Wildman–Crippen MR) is 140 cm³/mol. The third-order valence-electron chi connectivity index (χ3n) is 5.73. The third-order valence-corrected chi connectivity index (χ3v) is 5.73. The molecule has 0 fully saturated rings. The fourth-order valence-corrected chi connectivity index (χ4v) is 3.85. The standard InChI is InChI=1S/C29H25F3N4O2/c1-2-17-35(27(38)18-21-9-5-3-6-10-21)20-26(37)34-28-33-25(22-11-7-4-8-12-22)19-36(28)24-15-13-23(14-16-24)29(30,31)32/h2-16,19H,1,17-18,20H2,(H,33,34,37). The van der Waals surface area contributed by atoms with E-state index in [-0.39, 0.29) is 31.4 Å². The van der Waals surface area contributed by atoms with Crippen molar-refractivity contribution < 1.29 is 22.8 Å². The fraction of sp³-hybridized carbons (Fsp3) is 0.138. The van der Waals surface area contributed by atoms with Crippen LogP contribution in [0.25, 0.3) is 16.9 Å². The number of carbonyl (C=O) groups is 2. The maximum Gasteiger partial charge on any atom is 0.416 e. The second kappa shape index (κ2) is 11.6. The summed E-state index contributed by atoms with van der Waals surface area (Å²) >= 11 is 0. The first-order chi connectivity index (χ1) is 18.2. The van der Waals surface area contributed by atoms with Crippen LogP contribution in [0.5, 0.6) is 0 Å². The van der Waals surface area contributed by atoms with Crippen LogP contribution in [0.3, 0.4) is 0 Å². The number of carbonyl (C=O) groups excluding carboxylic acids is 2. The van der Waals surface area contributed by atoms with E-state index < -0.39 is 17.6 Å². The van der Waals surface area contributed by atoms with Gasteiger partial charge in [0, 0.05) is 24.0 Å². The number of aromatic nitrogens is 2. The molecule has 1 heterocycles. The van der Waals surface area contributed by atoms with Crippen LogP contribution in [-0.2, 0) is 22.2 Å². The zero-order chi connectivity index (χ0) is 27.1. The van der Waals surface area contributed by atoms with E-state index in [0.717, 1.165) is 23.3 Å². The first kappa shape index (κ1) is 26.4. The minimum Gasteiger partial charge on any atom is -0.329 e. The van der Waals surface area contributed by atoms with Gasteiger partial charge in [0.25, 0.3) is 0 Å². The number of hydrogen-bond acceptors (Lipinski definition) is 3. The molecule has 3 aromatic carbocycles. The molecule has 9 heteroatoms. The van der Waals surface area contributed by atoms with Gasteiger partial charge in [-0.3, -0.25) is 19.5 Å². The second-order valence-electron chi connectivity index (χ2n) is 8.50. The molecule has 0 aliphatic carbocycles. The van der Waals surface area contributed by atoms with Crippen LogP contribution < -0.4 is 5.32 Å². The smallest absolute Gasteiger partial charge is 0.329 e. The van der Waals surface area contributed by atoms with E-state index in [2.05, 4.69) is 16.9 Å². The summed E-state index contributed by atoms with van der Waals surface area (Å²) in [6.45, 7) is 3.59. The van der Waals surface area contributed by atoms with Crippen LogP contribution in [0, 0.1) is 0 Å². The monoisotopic (exact) mass is 518 g/mol. The Balaban J connectivity index is 1.58. The molecule has 0 saturated carbocycles. The lowest BCUT2D eigenvalue weighted by Crippen LogP contribution is -2.39. The highest BCUT2D eigenvalue weighted by Gasteiger charge is 2.30. The van der Waals surface area contributed by atoms with Crippen molar-refractivity contribution in [2.75, 3.05) is 18.4 Å². The van der Waals surface area contributed by atoms with Gasteiger partial charge in [-0.25, -0.2) is 4.98 Å². The van der Waals surface area contributed by atoms with Crippen molar-refractivity contribution in [1.82, 2.24) is 14.5 Å². The summed E-state index contributed by atoms with van der Waals surface area (Å²) in [6, 6.07) is 22.9. The van der Waals surface area contributed by atoms with Crippen molar-refractivity contribution in [3.63, 3.8) is 0 Å². The van der Waals surface area contributed by atoms with Crippen molar-refractivity contribution in [2.45, 2.75) is 12.6 Å². The molecule has 194 valence electrons. The topological polar surface area (TPSA) is 67.2 Å². The number of anilines is 1. The number of amides is 2. The van der Waals surface area contributed by atoms with Gasteiger partial charge in [0.2, 0.25) is 17.8 Å². The predicted octanol–water partition coefficient (Wildman–Crippen LogP) is 5.75. The van der Waals surface area contributed by atoms with Gasteiger partial charge in [-0.05, 0) is 29.8 Å². The van der Waals surface area contributed by atoms with E-state index in [1.54, 1.807) is 6.20 Å². The van der Waals surface area contributed by atoms with E-state index in [4.69, 9.17) is 0 Å². The molecule has 1 aromatic heterocycles. The molecule has 0 aliphatic heterocycles. The molecule has 2 amide bonds. The Hall–Kier alpha value is -4.66. The quantitative estimate of drug-likeness (QED) is 0.287. The molecule has 4 rings (SSSR count). The van der Waals surface area contributed by atoms with Crippen LogP contribution in [0.4, 0.5) is 19.1 Å². The van der Waals surface area contributed by atoms with Gasteiger partial charge in [0.1, 0.15) is 6.54 Å². The number of benzene rings is 3. The number of halogens is 3. The SMILES string of the molecule is C=CCN(CC(=O)Nc1nc(-c2ccccc2)cn1-c1ccc(C(F)(F)F)cc1)C(=O)Cc1ccccc1. The fourth-order valence-electron chi connectivity index (χ4n) is 3.85. The van der Waals surface area contributed by atoms with Crippen molar-refractivity contribution in [3.8, 4) is 16.9 Å². The molecule has 1 N–H and O–H groups in total. The average molecular weight is 519 g/mol. The summed E-state index contributed by atoms with van der Waals surface area (Å²) in [7, 11) is 0. The third kappa shape index (κ3) is 6.56. The maximum absolute atomic E-state index is 13.1. The van der Waals surface area contributed by atoms with Gasteiger partial charge in [-0.1, -0.05) is 66.7 Å². The highest BCUT2D eigenvalue weighted by molar-refractivity contribution is 5.94. The first-order valence-electron chi connectivity index (χ1n) is 11.8. The first-order valence-corrected chi connectivity index (χ1v) is 11.8. The molecule has 0 aliphatic rings. The summed E-state index contributed by atoms with van der Waals surface area (Å²) in [4.78, 5) is 31.8. The molecule has 6 nitrogen and oxygen atoms in total. The molecule has 0 unspecified atom stereocenters. The van der Waals surface area contributed by atoms with Gasteiger partial charge in [-0.2, -0.15) is 13.2 Å². The molecule has 4 aromatic rings. The van der Waals surface area contributed by atoms with Crippen LogP contribution >= 0.6 is 0 Å². The zero-order valence-electron chi connectivity index (χ0n) is 20.4. The lowest BCUT2D eigenvalue weighted by molar-refractivity contribution is -0.137. The van der Waals surface area contributed by atoms with Crippen molar-refractivity contribution >= 4 is 17.8 Å². The van der Waals surface area contributed by atoms with Crippen molar-refractivity contribution in [2.24, 2.45) is 0 Å². The summed E-state index contributed by atoms with van der Waals surface area (Å²) in [6.07, 6.45) is -1.18. The lowest BCUT2D eigenvalue weighted by Gasteiger charge is -2.21. The van der Waals surface area contributed by atoms with Gasteiger partial charge in [0.15, 0.2) is 0 Å². The summed E-state index contributed by atoms with van der Waals surface area (Å²) in [5.41, 5.74) is 1.69. The van der Waals surface area contributed by atoms with Crippen LogP contribution in [-0.4, -0.2) is 39.4 Å². The number of rotatable bonds is 9. The minimum absolute atomic E-state index is 0.114. The summed E-state index contributed by atoms with van der Waals surface area (Å²) in [5.74, 6) is -0.642. The Labute approximate surface area is 218 Å². The normalized spacial score (nSPS) is 11.1. The summed E-state index contributed by atoms with van der Waals surface area (Å²) < 4.78 is 40.7. The maximum atomic E-state index is 13.1. The zero-order valence-corrected chi connectivity index (χ0v) is 20.4. The number of nitrogens with one attached hydrogen (secondary N) is 1. The van der Waals surface area contributed by atoms with E-state index in [0.29, 0.717) is 11.4 Å².